The summed E-state index contributed by atoms with van der Waals surface area (Å²) in [6, 6.07) is 10.6. The molecule has 4 atom stereocenters. The zero-order chi connectivity index (χ0) is 29.2. The van der Waals surface area contributed by atoms with Gasteiger partial charge in [0.1, 0.15) is 0 Å². The van der Waals surface area contributed by atoms with Gasteiger partial charge in [-0.3, -0.25) is 24.1 Å². The van der Waals surface area contributed by atoms with Crippen LogP contribution >= 0.6 is 15.9 Å². The SMILES string of the molecule is CCOc1cccc([C@H]2C3=CC[C@@H]4C(=O)N(c5cccc(C(=O)O)c5)C(=O)[C@@H]4[C@@H]3CC3=C2C(=O)C=C(Br)C3=O)c1O. The molecule has 41 heavy (non-hydrogen) atoms. The number of carboxylic acid groups (broad SMARTS) is 1. The van der Waals surface area contributed by atoms with Gasteiger partial charge in [-0.25, -0.2) is 4.79 Å². The van der Waals surface area contributed by atoms with Gasteiger partial charge in [0.25, 0.3) is 0 Å². The van der Waals surface area contributed by atoms with Gasteiger partial charge < -0.3 is 14.9 Å². The number of imide groups is 1. The first-order valence-corrected chi connectivity index (χ1v) is 14.0. The molecule has 208 valence electrons. The summed E-state index contributed by atoms with van der Waals surface area (Å²) in [5.41, 5.74) is 1.64. The summed E-state index contributed by atoms with van der Waals surface area (Å²) in [5, 5.41) is 20.7. The highest BCUT2D eigenvalue weighted by molar-refractivity contribution is 9.12. The minimum Gasteiger partial charge on any atom is -0.504 e. The van der Waals surface area contributed by atoms with Crippen LogP contribution in [0.5, 0.6) is 11.5 Å². The largest absolute Gasteiger partial charge is 0.504 e. The average molecular weight is 618 g/mol. The molecule has 0 saturated carbocycles. The Morgan fingerprint density at radius 3 is 2.56 bits per heavy atom. The van der Waals surface area contributed by atoms with Gasteiger partial charge in [-0.1, -0.05) is 29.8 Å². The number of allylic oxidation sites excluding steroid dienone is 6. The van der Waals surface area contributed by atoms with Gasteiger partial charge in [0.15, 0.2) is 23.1 Å². The molecule has 3 aliphatic carbocycles. The Labute approximate surface area is 242 Å². The van der Waals surface area contributed by atoms with E-state index in [1.54, 1.807) is 25.1 Å². The Balaban J connectivity index is 1.49. The fourth-order valence-electron chi connectivity index (χ4n) is 6.64. The van der Waals surface area contributed by atoms with Gasteiger partial charge in [0.05, 0.1) is 34.2 Å². The van der Waals surface area contributed by atoms with Crippen molar-refractivity contribution in [1.29, 1.82) is 0 Å². The third-order valence-electron chi connectivity index (χ3n) is 8.32. The molecule has 2 N–H and O–H groups in total. The Morgan fingerprint density at radius 1 is 1.07 bits per heavy atom. The number of aromatic hydroxyl groups is 1. The van der Waals surface area contributed by atoms with E-state index in [4.69, 9.17) is 4.74 Å². The Kier molecular flexibility index (Phi) is 6.53. The maximum atomic E-state index is 14.0. The fourth-order valence-corrected chi connectivity index (χ4v) is 7.09. The first-order valence-electron chi connectivity index (χ1n) is 13.2. The number of Topliss-reactive ketones (excluding diaryl/α,β-unsaturated/α-hetero) is 1. The molecule has 0 radical (unpaired) electrons. The van der Waals surface area contributed by atoms with Crippen LogP contribution in [0.4, 0.5) is 5.69 Å². The van der Waals surface area contributed by atoms with Crippen molar-refractivity contribution in [3.63, 3.8) is 0 Å². The van der Waals surface area contributed by atoms with E-state index in [2.05, 4.69) is 15.9 Å². The van der Waals surface area contributed by atoms with Crippen LogP contribution in [-0.4, -0.2) is 46.2 Å². The summed E-state index contributed by atoms with van der Waals surface area (Å²) < 4.78 is 5.70. The topological polar surface area (TPSA) is 138 Å². The number of nitrogens with zero attached hydrogens (tertiary/aromatic N) is 1. The van der Waals surface area contributed by atoms with Crippen molar-refractivity contribution in [2.75, 3.05) is 11.5 Å². The summed E-state index contributed by atoms with van der Waals surface area (Å²) in [6.07, 6.45) is 3.36. The number of phenolic OH excluding ortho intramolecular Hbond substituents is 1. The number of hydrogen-bond acceptors (Lipinski definition) is 7. The quantitative estimate of drug-likeness (QED) is 0.285. The lowest BCUT2D eigenvalue weighted by atomic mass is 9.59. The van der Waals surface area contributed by atoms with Gasteiger partial charge in [0.2, 0.25) is 11.8 Å². The Morgan fingerprint density at radius 2 is 1.83 bits per heavy atom. The van der Waals surface area contributed by atoms with Crippen molar-refractivity contribution in [3.05, 3.63) is 86.9 Å². The lowest BCUT2D eigenvalue weighted by molar-refractivity contribution is -0.123. The molecule has 2 aromatic rings. The number of phenols is 1. The van der Waals surface area contributed by atoms with Crippen LogP contribution < -0.4 is 9.64 Å². The molecular formula is C31H24BrNO8. The minimum absolute atomic E-state index is 0.0584. The number of carbonyl (C=O) groups excluding carboxylic acids is 4. The van der Waals surface area contributed by atoms with Crippen LogP contribution in [0.2, 0.25) is 0 Å². The molecule has 0 unspecified atom stereocenters. The third kappa shape index (κ3) is 4.08. The molecule has 1 heterocycles. The predicted molar refractivity (Wildman–Crippen MR) is 150 cm³/mol. The Hall–Kier alpha value is -4.31. The van der Waals surface area contributed by atoms with Gasteiger partial charge in [-0.05, 0) is 65.9 Å². The number of amides is 2. The number of halogens is 1. The highest BCUT2D eigenvalue weighted by atomic mass is 79.9. The van der Waals surface area contributed by atoms with Crippen LogP contribution in [0.15, 0.2) is 75.8 Å². The van der Waals surface area contributed by atoms with Crippen LogP contribution in [0.3, 0.4) is 0 Å². The van der Waals surface area contributed by atoms with Crippen molar-refractivity contribution in [3.8, 4) is 11.5 Å². The standard InChI is InChI=1S/C31H24BrNO8/c1-2-41-23-8-4-7-17(28(23)36)24-16-9-10-18-25(19(16)12-20-26(24)22(34)13-21(32)27(20)35)30(38)33(29(18)37)15-6-3-5-14(11-15)31(39)40/h3-9,11,13,18-19,24-25,36H,2,10,12H2,1H3,(H,39,40)/t18-,19+,24+,25-/m0/s1. The molecule has 1 fully saturated rings. The zero-order valence-electron chi connectivity index (χ0n) is 21.8. The number of anilines is 1. The van der Waals surface area contributed by atoms with Crippen LogP contribution in [0.1, 0.15) is 41.6 Å². The second kappa shape index (κ2) is 9.95. The lowest BCUT2D eigenvalue weighted by Gasteiger charge is -2.42. The van der Waals surface area contributed by atoms with Crippen LogP contribution in [0, 0.1) is 17.8 Å². The Bertz CT molecular complexity index is 1670. The van der Waals surface area contributed by atoms with Crippen molar-refractivity contribution in [1.82, 2.24) is 0 Å². The third-order valence-corrected chi connectivity index (χ3v) is 8.91. The highest BCUT2D eigenvalue weighted by Crippen LogP contribution is 2.57. The van der Waals surface area contributed by atoms with E-state index in [0.717, 1.165) is 4.90 Å². The molecule has 2 amide bonds. The van der Waals surface area contributed by atoms with E-state index in [-0.39, 0.29) is 62.8 Å². The summed E-state index contributed by atoms with van der Waals surface area (Å²) in [7, 11) is 0. The number of carbonyl (C=O) groups is 5. The number of rotatable bonds is 5. The number of para-hydroxylation sites is 1. The minimum atomic E-state index is -1.19. The van der Waals surface area contributed by atoms with E-state index in [0.29, 0.717) is 17.7 Å². The van der Waals surface area contributed by atoms with Crippen LogP contribution in [-0.2, 0) is 19.2 Å². The number of fused-ring (bicyclic) bond motifs is 3. The maximum absolute atomic E-state index is 14.0. The molecule has 6 rings (SSSR count). The predicted octanol–water partition coefficient (Wildman–Crippen LogP) is 4.46. The molecule has 0 spiro atoms. The van der Waals surface area contributed by atoms with Gasteiger partial charge in [0, 0.05) is 28.7 Å². The van der Waals surface area contributed by atoms with Crippen LogP contribution in [0.25, 0.3) is 0 Å². The van der Waals surface area contributed by atoms with Gasteiger partial charge >= 0.3 is 5.97 Å². The van der Waals surface area contributed by atoms with E-state index in [1.807, 2.05) is 6.08 Å². The molecular weight excluding hydrogens is 594 g/mol. The number of carboxylic acids is 1. The normalized spacial score (nSPS) is 25.4. The molecule has 1 saturated heterocycles. The number of hydrogen-bond donors (Lipinski definition) is 2. The maximum Gasteiger partial charge on any atom is 0.335 e. The number of ketones is 2. The number of aromatic carboxylic acids is 1. The van der Waals surface area contributed by atoms with Crippen molar-refractivity contribution in [2.24, 2.45) is 17.8 Å². The summed E-state index contributed by atoms with van der Waals surface area (Å²) >= 11 is 3.20. The average Bonchev–Trinajstić information content (AvgIpc) is 3.21. The molecule has 1 aliphatic heterocycles. The second-order valence-corrected chi connectivity index (χ2v) is 11.2. The summed E-state index contributed by atoms with van der Waals surface area (Å²) in [6.45, 7) is 2.08. The number of ether oxygens (including phenoxy) is 1. The summed E-state index contributed by atoms with van der Waals surface area (Å²) in [4.78, 5) is 67.0. The molecule has 9 nitrogen and oxygen atoms in total. The van der Waals surface area contributed by atoms with E-state index >= 15 is 0 Å². The monoisotopic (exact) mass is 617 g/mol. The fraction of sp³-hybridized carbons (Fsp3) is 0.258. The smallest absolute Gasteiger partial charge is 0.335 e. The molecule has 4 aliphatic rings. The molecule has 0 aromatic heterocycles. The van der Waals surface area contributed by atoms with E-state index in [9.17, 15) is 34.2 Å². The van der Waals surface area contributed by atoms with Gasteiger partial charge in [-0.2, -0.15) is 0 Å². The molecule has 2 aromatic carbocycles. The van der Waals surface area contributed by atoms with Crippen molar-refractivity contribution >= 4 is 51.0 Å². The molecule has 0 bridgehead atoms. The van der Waals surface area contributed by atoms with E-state index in [1.165, 1.54) is 30.3 Å². The van der Waals surface area contributed by atoms with Gasteiger partial charge in [-0.15, -0.1) is 0 Å². The first kappa shape index (κ1) is 26.9. The zero-order valence-corrected chi connectivity index (χ0v) is 23.4. The summed E-state index contributed by atoms with van der Waals surface area (Å²) in [5.74, 6) is -5.79. The highest BCUT2D eigenvalue weighted by Gasteiger charge is 2.57. The van der Waals surface area contributed by atoms with Crippen molar-refractivity contribution in [2.45, 2.75) is 25.7 Å². The lowest BCUT2D eigenvalue weighted by Crippen LogP contribution is -2.39. The molecule has 10 heteroatoms. The van der Waals surface area contributed by atoms with Crippen molar-refractivity contribution < 1.29 is 38.9 Å². The van der Waals surface area contributed by atoms with E-state index < -0.39 is 41.5 Å². The number of benzene rings is 2. The first-order chi connectivity index (χ1) is 19.6. The second-order valence-electron chi connectivity index (χ2n) is 10.4.